The highest BCUT2D eigenvalue weighted by Crippen LogP contribution is 2.44. The fourth-order valence-electron chi connectivity index (χ4n) is 3.32. The summed E-state index contributed by atoms with van der Waals surface area (Å²) in [5.74, 6) is 4.25. The topological polar surface area (TPSA) is 0 Å². The molecule has 0 amide bonds. The molecular weight excluding hydrogens is 132 g/mol. The standard InChI is InChI=1S/C11H20/c1-8-5-10-3-4-11(6-8)9(2)7-10/h8-11H,3-7H2,1-2H3/t8-,9?,10-,11+/m1/s1. The van der Waals surface area contributed by atoms with Crippen LogP contribution in [0.4, 0.5) is 0 Å². The molecule has 3 saturated carbocycles. The van der Waals surface area contributed by atoms with E-state index in [2.05, 4.69) is 13.8 Å². The van der Waals surface area contributed by atoms with E-state index in [1.165, 1.54) is 25.7 Å². The minimum atomic E-state index is 1.03. The SMILES string of the molecule is CC1C[C@@H]2CC[C@H]1C[C@H](C)C2. The molecule has 3 aliphatic rings. The van der Waals surface area contributed by atoms with E-state index in [1.54, 1.807) is 6.42 Å². The minimum Gasteiger partial charge on any atom is -0.0625 e. The Bertz CT molecular complexity index is 137. The van der Waals surface area contributed by atoms with Crippen molar-refractivity contribution in [2.75, 3.05) is 0 Å². The van der Waals surface area contributed by atoms with E-state index in [9.17, 15) is 0 Å². The first kappa shape index (κ1) is 7.64. The zero-order valence-electron chi connectivity index (χ0n) is 7.84. The average Bonchev–Trinajstić information content (AvgIpc) is 2.16. The van der Waals surface area contributed by atoms with Crippen LogP contribution in [0.3, 0.4) is 0 Å². The van der Waals surface area contributed by atoms with Gasteiger partial charge in [-0.15, -0.1) is 0 Å². The smallest absolute Gasteiger partial charge is 0.0386 e. The third-order valence-electron chi connectivity index (χ3n) is 3.90. The Morgan fingerprint density at radius 3 is 2.45 bits per heavy atom. The molecule has 3 fully saturated rings. The molecule has 0 aromatic carbocycles. The Kier molecular flexibility index (Phi) is 1.95. The predicted molar refractivity (Wildman–Crippen MR) is 48.4 cm³/mol. The lowest BCUT2D eigenvalue weighted by Gasteiger charge is -2.29. The molecule has 0 aromatic rings. The molecule has 3 rings (SSSR count). The summed E-state index contributed by atoms with van der Waals surface area (Å²) in [7, 11) is 0. The number of hydrogen-bond acceptors (Lipinski definition) is 0. The first-order chi connectivity index (χ1) is 5.25. The first-order valence-electron chi connectivity index (χ1n) is 5.25. The third-order valence-corrected chi connectivity index (χ3v) is 3.90. The van der Waals surface area contributed by atoms with E-state index in [0.717, 1.165) is 23.7 Å². The molecule has 0 nitrogen and oxygen atoms in total. The second-order valence-electron chi connectivity index (χ2n) is 4.99. The van der Waals surface area contributed by atoms with Crippen LogP contribution < -0.4 is 0 Å². The van der Waals surface area contributed by atoms with Gasteiger partial charge >= 0.3 is 0 Å². The molecule has 0 heterocycles. The van der Waals surface area contributed by atoms with Crippen LogP contribution in [0.1, 0.15) is 46.0 Å². The van der Waals surface area contributed by atoms with Crippen LogP contribution in [0.25, 0.3) is 0 Å². The molecule has 1 unspecified atom stereocenters. The molecule has 0 saturated heterocycles. The van der Waals surface area contributed by atoms with Gasteiger partial charge in [0.2, 0.25) is 0 Å². The van der Waals surface area contributed by atoms with Gasteiger partial charge in [-0.3, -0.25) is 0 Å². The predicted octanol–water partition coefficient (Wildman–Crippen LogP) is 3.47. The molecule has 0 radical (unpaired) electrons. The normalized spacial score (nSPS) is 50.7. The zero-order valence-corrected chi connectivity index (χ0v) is 7.84. The number of hydrogen-bond donors (Lipinski definition) is 0. The second-order valence-corrected chi connectivity index (χ2v) is 4.99. The summed E-state index contributed by atoms with van der Waals surface area (Å²) >= 11 is 0. The van der Waals surface area contributed by atoms with Crippen molar-refractivity contribution in [3.63, 3.8) is 0 Å². The molecule has 0 aromatic heterocycles. The molecule has 4 atom stereocenters. The van der Waals surface area contributed by atoms with Crippen LogP contribution in [0, 0.1) is 23.7 Å². The van der Waals surface area contributed by atoms with Gasteiger partial charge < -0.3 is 0 Å². The minimum absolute atomic E-state index is 1.03. The Labute approximate surface area is 70.4 Å². The lowest BCUT2D eigenvalue weighted by atomic mass is 9.77. The molecule has 2 bridgehead atoms. The number of rotatable bonds is 0. The summed E-state index contributed by atoms with van der Waals surface area (Å²) in [5.41, 5.74) is 0. The van der Waals surface area contributed by atoms with Gasteiger partial charge in [-0.05, 0) is 49.4 Å². The van der Waals surface area contributed by atoms with Crippen molar-refractivity contribution in [2.24, 2.45) is 23.7 Å². The van der Waals surface area contributed by atoms with Crippen LogP contribution in [0.5, 0.6) is 0 Å². The molecule has 0 spiro atoms. The van der Waals surface area contributed by atoms with Crippen molar-refractivity contribution >= 4 is 0 Å². The van der Waals surface area contributed by atoms with Gasteiger partial charge in [0, 0.05) is 0 Å². The van der Waals surface area contributed by atoms with Crippen LogP contribution in [-0.4, -0.2) is 0 Å². The maximum atomic E-state index is 2.47. The lowest BCUT2D eigenvalue weighted by Crippen LogP contribution is -2.18. The monoisotopic (exact) mass is 152 g/mol. The summed E-state index contributed by atoms with van der Waals surface area (Å²) < 4.78 is 0. The van der Waals surface area contributed by atoms with Crippen LogP contribution >= 0.6 is 0 Å². The van der Waals surface area contributed by atoms with E-state index in [0.29, 0.717) is 0 Å². The molecule has 0 heteroatoms. The molecular formula is C11H20. The highest BCUT2D eigenvalue weighted by molar-refractivity contribution is 4.84. The van der Waals surface area contributed by atoms with Gasteiger partial charge in [0.05, 0.1) is 0 Å². The quantitative estimate of drug-likeness (QED) is 0.498. The van der Waals surface area contributed by atoms with Crippen molar-refractivity contribution in [3.8, 4) is 0 Å². The maximum Gasteiger partial charge on any atom is -0.0386 e. The van der Waals surface area contributed by atoms with Crippen molar-refractivity contribution in [3.05, 3.63) is 0 Å². The number of fused-ring (bicyclic) bond motifs is 4. The molecule has 64 valence electrons. The molecule has 0 N–H and O–H groups in total. The van der Waals surface area contributed by atoms with Crippen molar-refractivity contribution in [1.29, 1.82) is 0 Å². The van der Waals surface area contributed by atoms with Gasteiger partial charge in [-0.2, -0.15) is 0 Å². The van der Waals surface area contributed by atoms with Gasteiger partial charge in [0.1, 0.15) is 0 Å². The van der Waals surface area contributed by atoms with Crippen molar-refractivity contribution in [2.45, 2.75) is 46.0 Å². The summed E-state index contributed by atoms with van der Waals surface area (Å²) in [4.78, 5) is 0. The molecule has 0 aliphatic heterocycles. The highest BCUT2D eigenvalue weighted by atomic mass is 14.4. The maximum absolute atomic E-state index is 2.47. The van der Waals surface area contributed by atoms with Crippen LogP contribution in [-0.2, 0) is 0 Å². The highest BCUT2D eigenvalue weighted by Gasteiger charge is 2.33. The van der Waals surface area contributed by atoms with Gasteiger partial charge in [-0.25, -0.2) is 0 Å². The van der Waals surface area contributed by atoms with E-state index in [4.69, 9.17) is 0 Å². The lowest BCUT2D eigenvalue weighted by molar-refractivity contribution is 0.219. The summed E-state index contributed by atoms with van der Waals surface area (Å²) in [6, 6.07) is 0. The van der Waals surface area contributed by atoms with Gasteiger partial charge in [0.25, 0.3) is 0 Å². The first-order valence-corrected chi connectivity index (χ1v) is 5.25. The zero-order chi connectivity index (χ0) is 7.84. The summed E-state index contributed by atoms with van der Waals surface area (Å²) in [6.07, 6.45) is 7.67. The summed E-state index contributed by atoms with van der Waals surface area (Å²) in [6.45, 7) is 4.91. The van der Waals surface area contributed by atoms with Gasteiger partial charge in [0.15, 0.2) is 0 Å². The Balaban J connectivity index is 2.10. The Morgan fingerprint density at radius 2 is 1.73 bits per heavy atom. The van der Waals surface area contributed by atoms with E-state index < -0.39 is 0 Å². The molecule has 11 heavy (non-hydrogen) atoms. The third kappa shape index (κ3) is 1.45. The summed E-state index contributed by atoms with van der Waals surface area (Å²) in [5, 5.41) is 0. The average molecular weight is 152 g/mol. The largest absolute Gasteiger partial charge is 0.0625 e. The fourth-order valence-corrected chi connectivity index (χ4v) is 3.32. The second kappa shape index (κ2) is 2.80. The van der Waals surface area contributed by atoms with Crippen molar-refractivity contribution in [1.82, 2.24) is 0 Å². The van der Waals surface area contributed by atoms with E-state index in [1.807, 2.05) is 0 Å². The van der Waals surface area contributed by atoms with Gasteiger partial charge in [-0.1, -0.05) is 20.3 Å². The van der Waals surface area contributed by atoms with E-state index in [-0.39, 0.29) is 0 Å². The van der Waals surface area contributed by atoms with E-state index >= 15 is 0 Å². The van der Waals surface area contributed by atoms with Crippen LogP contribution in [0.15, 0.2) is 0 Å². The Morgan fingerprint density at radius 1 is 0.909 bits per heavy atom. The molecule has 3 aliphatic carbocycles. The van der Waals surface area contributed by atoms with Crippen LogP contribution in [0.2, 0.25) is 0 Å². The van der Waals surface area contributed by atoms with Crippen molar-refractivity contribution < 1.29 is 0 Å². The fraction of sp³-hybridized carbons (Fsp3) is 1.00. The Hall–Kier alpha value is 0.